The summed E-state index contributed by atoms with van der Waals surface area (Å²) in [5, 5.41) is 0. The Morgan fingerprint density at radius 3 is 0.667 bits per heavy atom. The van der Waals surface area contributed by atoms with Crippen LogP contribution in [0.2, 0.25) is 0 Å². The van der Waals surface area contributed by atoms with Crippen molar-refractivity contribution < 1.29 is 35.1 Å². The number of hydrogen-bond acceptors (Lipinski definition) is 0. The first-order chi connectivity index (χ1) is 6.50. The van der Waals surface area contributed by atoms with Crippen LogP contribution in [0.15, 0.2) is 0 Å². The van der Waals surface area contributed by atoms with Crippen LogP contribution in [0, 0.1) is 0 Å². The fourth-order valence-electron chi connectivity index (χ4n) is 0.411. The van der Waals surface area contributed by atoms with Gasteiger partial charge in [-0.3, -0.25) is 0 Å². The van der Waals surface area contributed by atoms with Gasteiger partial charge in [-0.2, -0.15) is 35.1 Å². The van der Waals surface area contributed by atoms with Gasteiger partial charge in [0, 0.05) is 0 Å². The van der Waals surface area contributed by atoms with E-state index in [1.807, 2.05) is 0 Å². The lowest BCUT2D eigenvalue weighted by Gasteiger charge is -2.21. The predicted octanol–water partition coefficient (Wildman–Crippen LogP) is 4.31. The maximum Gasteiger partial charge on any atom is 0.463 e. The van der Waals surface area contributed by atoms with Crippen molar-refractivity contribution in [3.63, 3.8) is 0 Å². The van der Waals surface area contributed by atoms with Gasteiger partial charge < -0.3 is 0 Å². The third-order valence-corrected chi connectivity index (χ3v) is 1.71. The van der Waals surface area contributed by atoms with E-state index in [1.54, 1.807) is 0 Å². The van der Waals surface area contributed by atoms with E-state index in [9.17, 15) is 35.1 Å². The summed E-state index contributed by atoms with van der Waals surface area (Å²) in [6.45, 7) is 0. The molecule has 1 rings (SSSR count). The lowest BCUT2D eigenvalue weighted by molar-refractivity contribution is -0.389. The summed E-state index contributed by atoms with van der Waals surface area (Å²) >= 11 is 0. The summed E-state index contributed by atoms with van der Waals surface area (Å²) in [4.78, 5) is 0. The van der Waals surface area contributed by atoms with E-state index >= 15 is 0 Å². The molecule has 0 N–H and O–H groups in total. The average Bonchev–Trinajstić information content (AvgIpc) is 1.76. The van der Waals surface area contributed by atoms with Crippen LogP contribution in [-0.2, 0) is 0 Å². The highest BCUT2D eigenvalue weighted by Gasteiger charge is 2.74. The van der Waals surface area contributed by atoms with Crippen molar-refractivity contribution in [3.8, 4) is 0 Å². The molecule has 0 spiro atoms. The first-order valence-corrected chi connectivity index (χ1v) is 4.01. The van der Waals surface area contributed by atoms with E-state index < -0.39 is 18.3 Å². The van der Waals surface area contributed by atoms with Crippen LogP contribution in [0.3, 0.4) is 0 Å². The summed E-state index contributed by atoms with van der Waals surface area (Å²) in [6, 6.07) is 0. The van der Waals surface area contributed by atoms with Crippen molar-refractivity contribution in [1.29, 1.82) is 0 Å². The topological polar surface area (TPSA) is 0 Å². The molecule has 8 heteroatoms. The highest BCUT2D eigenvalue weighted by atomic mass is 19.5. The van der Waals surface area contributed by atoms with Gasteiger partial charge in [-0.15, -0.1) is 0 Å². The zero-order valence-electron chi connectivity index (χ0n) is 7.35. The van der Waals surface area contributed by atoms with Gasteiger partial charge in [-0.05, 0) is 0 Å². The van der Waals surface area contributed by atoms with Gasteiger partial charge in [0.25, 0.3) is 0 Å². The monoisotopic (exact) mass is 244 g/mol. The minimum atomic E-state index is -6.62. The first kappa shape index (κ1) is 14.4. The van der Waals surface area contributed by atoms with E-state index in [0.717, 1.165) is 0 Å². The average molecular weight is 244 g/mol. The van der Waals surface area contributed by atoms with Crippen molar-refractivity contribution in [2.24, 2.45) is 0 Å². The summed E-state index contributed by atoms with van der Waals surface area (Å²) in [5.74, 6) is -6.62. The molecule has 92 valence electrons. The molecular weight excluding hydrogens is 236 g/mol. The zero-order valence-corrected chi connectivity index (χ0v) is 7.35. The fraction of sp³-hybridized carbons (Fsp3) is 1.00. The Balaban J connectivity index is 0.000000401. The second-order valence-corrected chi connectivity index (χ2v) is 2.98. The number of alkyl halides is 8. The Hall–Kier alpha value is -0.560. The highest BCUT2D eigenvalue weighted by Crippen LogP contribution is 2.46. The minimum absolute atomic E-state index is 1.50. The molecule has 0 aliphatic heterocycles. The minimum Gasteiger partial charge on any atom is -0.186 e. The lowest BCUT2D eigenvalue weighted by atomic mass is 10.0. The summed E-state index contributed by atoms with van der Waals surface area (Å²) in [6.07, 6.45) is -7.16. The van der Waals surface area contributed by atoms with Crippen LogP contribution < -0.4 is 0 Å². The van der Waals surface area contributed by atoms with Gasteiger partial charge in [-0.1, -0.05) is 25.7 Å². The Kier molecular flexibility index (Phi) is 4.36. The SMILES string of the molecule is C1CCC1.FC(F)(F)C(F)(F)C(F)(F)F. The number of rotatable bonds is 0. The molecule has 0 amide bonds. The Morgan fingerprint density at radius 2 is 0.667 bits per heavy atom. The highest BCUT2D eigenvalue weighted by molar-refractivity contribution is 4.83. The van der Waals surface area contributed by atoms with Crippen molar-refractivity contribution in [1.82, 2.24) is 0 Å². The van der Waals surface area contributed by atoms with Gasteiger partial charge in [0.05, 0.1) is 0 Å². The molecule has 1 fully saturated rings. The Morgan fingerprint density at radius 1 is 0.467 bits per heavy atom. The molecule has 0 radical (unpaired) electrons. The van der Waals surface area contributed by atoms with Crippen LogP contribution >= 0.6 is 0 Å². The third-order valence-electron chi connectivity index (χ3n) is 1.71. The second kappa shape index (κ2) is 4.52. The van der Waals surface area contributed by atoms with Crippen LogP contribution in [0.1, 0.15) is 25.7 Å². The van der Waals surface area contributed by atoms with Crippen molar-refractivity contribution in [2.45, 2.75) is 44.0 Å². The van der Waals surface area contributed by atoms with Gasteiger partial charge in [0.1, 0.15) is 0 Å². The normalized spacial score (nSPS) is 17.6. The van der Waals surface area contributed by atoms with E-state index in [1.165, 1.54) is 25.7 Å². The Labute approximate surface area is 80.3 Å². The third kappa shape index (κ3) is 3.83. The molecule has 0 aromatic heterocycles. The number of halogens is 8. The molecule has 1 saturated carbocycles. The molecular formula is C7H8F8. The first-order valence-electron chi connectivity index (χ1n) is 4.01. The molecule has 0 atom stereocenters. The second-order valence-electron chi connectivity index (χ2n) is 2.98. The molecule has 1 aliphatic rings. The van der Waals surface area contributed by atoms with Crippen molar-refractivity contribution in [3.05, 3.63) is 0 Å². The van der Waals surface area contributed by atoms with Crippen molar-refractivity contribution >= 4 is 0 Å². The lowest BCUT2D eigenvalue weighted by Crippen LogP contribution is -2.49. The van der Waals surface area contributed by atoms with Crippen molar-refractivity contribution in [2.75, 3.05) is 0 Å². The summed E-state index contributed by atoms with van der Waals surface area (Å²) in [7, 11) is 0. The smallest absolute Gasteiger partial charge is 0.186 e. The molecule has 0 saturated heterocycles. The largest absolute Gasteiger partial charge is 0.463 e. The standard InChI is InChI=1S/C4H8.C3F8/c1-2-4-3-1;4-1(5,2(6,7)8)3(9,10)11/h1-4H2;. The van der Waals surface area contributed by atoms with Gasteiger partial charge >= 0.3 is 18.3 Å². The van der Waals surface area contributed by atoms with Gasteiger partial charge in [0.2, 0.25) is 0 Å². The van der Waals surface area contributed by atoms with E-state index in [0.29, 0.717) is 0 Å². The molecule has 0 heterocycles. The van der Waals surface area contributed by atoms with Gasteiger partial charge in [0.15, 0.2) is 0 Å². The number of hydrogen-bond donors (Lipinski definition) is 0. The zero-order chi connectivity index (χ0) is 12.3. The molecule has 0 aromatic rings. The molecule has 15 heavy (non-hydrogen) atoms. The van der Waals surface area contributed by atoms with E-state index in [2.05, 4.69) is 0 Å². The maximum absolute atomic E-state index is 11.2. The summed E-state index contributed by atoms with van der Waals surface area (Å²) in [5.41, 5.74) is 0. The fourth-order valence-corrected chi connectivity index (χ4v) is 0.411. The van der Waals surface area contributed by atoms with Gasteiger partial charge in [-0.25, -0.2) is 0 Å². The molecule has 1 aliphatic carbocycles. The summed E-state index contributed by atoms with van der Waals surface area (Å²) < 4.78 is 87.5. The Bertz CT molecular complexity index is 164. The van der Waals surface area contributed by atoms with Crippen LogP contribution in [0.25, 0.3) is 0 Å². The van der Waals surface area contributed by atoms with Crippen LogP contribution in [-0.4, -0.2) is 18.3 Å². The molecule has 0 bridgehead atoms. The maximum atomic E-state index is 11.2. The van der Waals surface area contributed by atoms with E-state index in [4.69, 9.17) is 0 Å². The molecule has 0 nitrogen and oxygen atoms in total. The van der Waals surface area contributed by atoms with Crippen LogP contribution in [0.5, 0.6) is 0 Å². The quantitative estimate of drug-likeness (QED) is 0.557. The predicted molar refractivity (Wildman–Crippen MR) is 35.5 cm³/mol. The molecule has 0 aromatic carbocycles. The van der Waals surface area contributed by atoms with E-state index in [-0.39, 0.29) is 0 Å². The molecule has 0 unspecified atom stereocenters. The van der Waals surface area contributed by atoms with Crippen LogP contribution in [0.4, 0.5) is 35.1 Å².